The van der Waals surface area contributed by atoms with E-state index in [1.807, 2.05) is 36.5 Å². The van der Waals surface area contributed by atoms with Crippen LogP contribution in [-0.2, 0) is 0 Å². The van der Waals surface area contributed by atoms with Gasteiger partial charge in [0, 0.05) is 51.8 Å². The van der Waals surface area contributed by atoms with Crippen molar-refractivity contribution in [3.63, 3.8) is 0 Å². The summed E-state index contributed by atoms with van der Waals surface area (Å²) in [5.41, 5.74) is 6.36. The van der Waals surface area contributed by atoms with Crippen molar-refractivity contribution in [2.24, 2.45) is 0 Å². The molecule has 1 aliphatic carbocycles. The van der Waals surface area contributed by atoms with Gasteiger partial charge in [-0.25, -0.2) is 4.98 Å². The van der Waals surface area contributed by atoms with Gasteiger partial charge in [0.05, 0.1) is 11.2 Å². The number of rotatable bonds is 4. The second-order valence-electron chi connectivity index (χ2n) is 7.59. The Balaban J connectivity index is 1.44. The molecule has 4 heterocycles. The second-order valence-corrected chi connectivity index (χ2v) is 7.59. The summed E-state index contributed by atoms with van der Waals surface area (Å²) >= 11 is 0. The van der Waals surface area contributed by atoms with Gasteiger partial charge in [-0.05, 0) is 73.4 Å². The topological polar surface area (TPSA) is 66.5 Å². The minimum Gasteiger partial charge on any atom is -0.358 e. The van der Waals surface area contributed by atoms with Crippen LogP contribution in [0.15, 0.2) is 73.2 Å². The van der Waals surface area contributed by atoms with E-state index in [4.69, 9.17) is 4.98 Å². The van der Waals surface area contributed by atoms with E-state index in [0.29, 0.717) is 5.92 Å². The van der Waals surface area contributed by atoms with Gasteiger partial charge in [-0.15, -0.1) is 0 Å². The molecule has 140 valence electrons. The molecular weight excluding hydrogens is 358 g/mol. The minimum absolute atomic E-state index is 0.715. The molecule has 1 aromatic carbocycles. The summed E-state index contributed by atoms with van der Waals surface area (Å²) in [4.78, 5) is 17.1. The zero-order valence-corrected chi connectivity index (χ0v) is 15.8. The maximum atomic E-state index is 4.90. The summed E-state index contributed by atoms with van der Waals surface area (Å²) in [5, 5.41) is 5.75. The van der Waals surface area contributed by atoms with Crippen molar-refractivity contribution >= 4 is 33.3 Å². The SMILES string of the molecule is c1cnc2cc(-c3ccncc3)nc(Nc3ccc4[nH]c(C5CC5)cc4c3)c2c1. The number of benzene rings is 1. The first-order valence-corrected chi connectivity index (χ1v) is 9.89. The van der Waals surface area contributed by atoms with Gasteiger partial charge >= 0.3 is 0 Å². The van der Waals surface area contributed by atoms with Crippen LogP contribution in [0.25, 0.3) is 33.1 Å². The molecule has 1 saturated carbocycles. The molecule has 29 heavy (non-hydrogen) atoms. The van der Waals surface area contributed by atoms with Crippen LogP contribution in [0.2, 0.25) is 0 Å². The molecule has 0 bridgehead atoms. The average molecular weight is 377 g/mol. The monoisotopic (exact) mass is 377 g/mol. The first-order chi connectivity index (χ1) is 14.3. The quantitative estimate of drug-likeness (QED) is 0.416. The van der Waals surface area contributed by atoms with Gasteiger partial charge in [0.1, 0.15) is 5.82 Å². The number of nitrogens with one attached hydrogen (secondary N) is 2. The molecule has 0 atom stereocenters. The molecule has 0 unspecified atom stereocenters. The first kappa shape index (κ1) is 16.2. The Morgan fingerprint density at radius 1 is 0.931 bits per heavy atom. The van der Waals surface area contributed by atoms with Gasteiger partial charge in [0.2, 0.25) is 0 Å². The van der Waals surface area contributed by atoms with Crippen molar-refractivity contribution < 1.29 is 0 Å². The van der Waals surface area contributed by atoms with Gasteiger partial charge in [0.15, 0.2) is 0 Å². The molecule has 4 aromatic heterocycles. The number of hydrogen-bond donors (Lipinski definition) is 2. The maximum Gasteiger partial charge on any atom is 0.140 e. The highest BCUT2D eigenvalue weighted by Crippen LogP contribution is 2.41. The zero-order chi connectivity index (χ0) is 19.2. The van der Waals surface area contributed by atoms with Gasteiger partial charge in [-0.3, -0.25) is 9.97 Å². The molecular formula is C24H19N5. The predicted octanol–water partition coefficient (Wildman–Crippen LogP) is 5.79. The van der Waals surface area contributed by atoms with Crippen molar-refractivity contribution in [2.45, 2.75) is 18.8 Å². The Morgan fingerprint density at radius 3 is 2.69 bits per heavy atom. The highest BCUT2D eigenvalue weighted by molar-refractivity contribution is 5.94. The largest absolute Gasteiger partial charge is 0.358 e. The molecule has 2 N–H and O–H groups in total. The summed E-state index contributed by atoms with van der Waals surface area (Å²) in [6.07, 6.45) is 7.97. The van der Waals surface area contributed by atoms with Crippen LogP contribution >= 0.6 is 0 Å². The van der Waals surface area contributed by atoms with E-state index in [1.165, 1.54) is 29.4 Å². The molecule has 5 aromatic rings. The summed E-state index contributed by atoms with van der Waals surface area (Å²) in [5.74, 6) is 1.52. The fraction of sp³-hybridized carbons (Fsp3) is 0.125. The summed E-state index contributed by atoms with van der Waals surface area (Å²) in [6.45, 7) is 0. The van der Waals surface area contributed by atoms with E-state index in [-0.39, 0.29) is 0 Å². The molecule has 5 heteroatoms. The Labute approximate surface area is 167 Å². The number of hydrogen-bond acceptors (Lipinski definition) is 4. The lowest BCUT2D eigenvalue weighted by atomic mass is 10.1. The lowest BCUT2D eigenvalue weighted by Crippen LogP contribution is -1.97. The average Bonchev–Trinajstić information content (AvgIpc) is 3.53. The van der Waals surface area contributed by atoms with Crippen molar-refractivity contribution in [3.8, 4) is 11.3 Å². The van der Waals surface area contributed by atoms with Crippen molar-refractivity contribution in [3.05, 3.63) is 78.9 Å². The highest BCUT2D eigenvalue weighted by Gasteiger charge is 2.25. The third kappa shape index (κ3) is 3.01. The van der Waals surface area contributed by atoms with Crippen LogP contribution in [0, 0.1) is 0 Å². The van der Waals surface area contributed by atoms with Crippen molar-refractivity contribution in [1.82, 2.24) is 19.9 Å². The number of aromatic nitrogens is 4. The maximum absolute atomic E-state index is 4.90. The van der Waals surface area contributed by atoms with E-state index >= 15 is 0 Å². The molecule has 0 aliphatic heterocycles. The van der Waals surface area contributed by atoms with Crippen molar-refractivity contribution in [1.29, 1.82) is 0 Å². The molecule has 0 radical (unpaired) electrons. The van der Waals surface area contributed by atoms with E-state index in [1.54, 1.807) is 12.4 Å². The minimum atomic E-state index is 0.715. The number of nitrogens with zero attached hydrogens (tertiary/aromatic N) is 3. The second kappa shape index (κ2) is 6.41. The normalized spacial score (nSPS) is 13.8. The molecule has 1 aliphatic rings. The Hall–Kier alpha value is -3.73. The molecule has 1 fully saturated rings. The number of aromatic amines is 1. The smallest absolute Gasteiger partial charge is 0.140 e. The lowest BCUT2D eigenvalue weighted by molar-refractivity contribution is 1.06. The van der Waals surface area contributed by atoms with Crippen LogP contribution in [-0.4, -0.2) is 19.9 Å². The molecule has 0 amide bonds. The lowest BCUT2D eigenvalue weighted by Gasteiger charge is -2.11. The number of fused-ring (bicyclic) bond motifs is 2. The first-order valence-electron chi connectivity index (χ1n) is 9.89. The van der Waals surface area contributed by atoms with Crippen LogP contribution in [0.4, 0.5) is 11.5 Å². The Morgan fingerprint density at radius 2 is 1.83 bits per heavy atom. The highest BCUT2D eigenvalue weighted by atomic mass is 15.0. The van der Waals surface area contributed by atoms with E-state index < -0.39 is 0 Å². The zero-order valence-electron chi connectivity index (χ0n) is 15.8. The van der Waals surface area contributed by atoms with E-state index in [0.717, 1.165) is 33.7 Å². The summed E-state index contributed by atoms with van der Waals surface area (Å²) in [6, 6.07) is 18.6. The number of anilines is 2. The molecule has 0 saturated heterocycles. The van der Waals surface area contributed by atoms with Gasteiger partial charge < -0.3 is 10.3 Å². The van der Waals surface area contributed by atoms with Crippen LogP contribution in [0.5, 0.6) is 0 Å². The van der Waals surface area contributed by atoms with Crippen LogP contribution in [0.1, 0.15) is 24.5 Å². The third-order valence-corrected chi connectivity index (χ3v) is 5.50. The molecule has 6 rings (SSSR count). The Bertz CT molecular complexity index is 1340. The van der Waals surface area contributed by atoms with Crippen molar-refractivity contribution in [2.75, 3.05) is 5.32 Å². The van der Waals surface area contributed by atoms with Gasteiger partial charge in [-0.1, -0.05) is 0 Å². The van der Waals surface area contributed by atoms with E-state index in [9.17, 15) is 0 Å². The number of H-pyrrole nitrogens is 1. The molecule has 5 nitrogen and oxygen atoms in total. The number of pyridine rings is 3. The summed E-state index contributed by atoms with van der Waals surface area (Å²) < 4.78 is 0. The van der Waals surface area contributed by atoms with Gasteiger partial charge in [-0.2, -0.15) is 0 Å². The van der Waals surface area contributed by atoms with Gasteiger partial charge in [0.25, 0.3) is 0 Å². The van der Waals surface area contributed by atoms with E-state index in [2.05, 4.69) is 44.5 Å². The fourth-order valence-corrected chi connectivity index (χ4v) is 3.82. The fourth-order valence-electron chi connectivity index (χ4n) is 3.82. The van der Waals surface area contributed by atoms with Crippen LogP contribution in [0.3, 0.4) is 0 Å². The Kier molecular flexibility index (Phi) is 3.59. The standard InChI is InChI=1S/C24H19N5/c1-2-19-23(26-9-1)14-22(16-7-10-25-11-8-16)29-24(19)27-18-5-6-20-17(12-18)13-21(28-20)15-3-4-15/h1-2,5-15,28H,3-4H2,(H,27,29). The van der Waals surface area contributed by atoms with Crippen LogP contribution < -0.4 is 5.32 Å². The summed E-state index contributed by atoms with van der Waals surface area (Å²) in [7, 11) is 0. The predicted molar refractivity (Wildman–Crippen MR) is 116 cm³/mol. The molecule has 0 spiro atoms. The third-order valence-electron chi connectivity index (χ3n) is 5.50.